The van der Waals surface area contributed by atoms with Crippen molar-refractivity contribution in [2.45, 2.75) is 38.8 Å². The van der Waals surface area contributed by atoms with Gasteiger partial charge < -0.3 is 5.32 Å². The minimum absolute atomic E-state index is 0.682. The number of pyridine rings is 1. The van der Waals surface area contributed by atoms with Gasteiger partial charge in [0.1, 0.15) is 0 Å². The van der Waals surface area contributed by atoms with E-state index in [1.165, 1.54) is 31.5 Å². The average Bonchev–Trinajstić information content (AvgIpc) is 2.80. The fraction of sp³-hybridized carbons (Fsp3) is 0.643. The van der Waals surface area contributed by atoms with Gasteiger partial charge in [0.15, 0.2) is 0 Å². The van der Waals surface area contributed by atoms with E-state index in [1.807, 2.05) is 6.20 Å². The molecule has 1 aromatic rings. The third-order valence-corrected chi connectivity index (χ3v) is 3.93. The van der Waals surface area contributed by atoms with Crippen molar-refractivity contribution in [3.8, 4) is 0 Å². The van der Waals surface area contributed by atoms with Crippen molar-refractivity contribution in [2.24, 2.45) is 0 Å². The monoisotopic (exact) mass is 311 g/mol. The van der Waals surface area contributed by atoms with E-state index in [-0.39, 0.29) is 0 Å². The third-order valence-electron chi connectivity index (χ3n) is 3.46. The Morgan fingerprint density at radius 1 is 1.50 bits per heavy atom. The average molecular weight is 312 g/mol. The molecule has 0 saturated carbocycles. The van der Waals surface area contributed by atoms with Gasteiger partial charge in [-0.1, -0.05) is 6.92 Å². The Kier molecular flexibility index (Phi) is 5.60. The van der Waals surface area contributed by atoms with E-state index >= 15 is 0 Å². The van der Waals surface area contributed by atoms with E-state index in [9.17, 15) is 0 Å². The minimum atomic E-state index is 0.682. The van der Waals surface area contributed by atoms with Gasteiger partial charge in [-0.15, -0.1) is 0 Å². The van der Waals surface area contributed by atoms with Crippen molar-refractivity contribution < 1.29 is 0 Å². The van der Waals surface area contributed by atoms with Crippen LogP contribution >= 0.6 is 15.9 Å². The molecule has 1 unspecified atom stereocenters. The number of likely N-dealkylation sites (tertiary alicyclic amines) is 1. The molecule has 1 N–H and O–H groups in total. The van der Waals surface area contributed by atoms with Gasteiger partial charge in [-0.3, -0.25) is 9.88 Å². The van der Waals surface area contributed by atoms with E-state index in [0.29, 0.717) is 6.04 Å². The maximum Gasteiger partial charge on any atom is 0.0544 e. The topological polar surface area (TPSA) is 28.2 Å². The Labute approximate surface area is 118 Å². The van der Waals surface area contributed by atoms with E-state index in [0.717, 1.165) is 24.1 Å². The lowest BCUT2D eigenvalue weighted by Gasteiger charge is -2.24. The Hall–Kier alpha value is -0.450. The van der Waals surface area contributed by atoms with Crippen molar-refractivity contribution in [3.63, 3.8) is 0 Å². The molecule has 0 bridgehead atoms. The van der Waals surface area contributed by atoms with E-state index in [1.54, 1.807) is 0 Å². The van der Waals surface area contributed by atoms with Crippen LogP contribution in [0.2, 0.25) is 0 Å². The van der Waals surface area contributed by atoms with Crippen LogP contribution in [0.15, 0.2) is 22.8 Å². The van der Waals surface area contributed by atoms with Gasteiger partial charge in [0.25, 0.3) is 0 Å². The van der Waals surface area contributed by atoms with Crippen LogP contribution in [0.5, 0.6) is 0 Å². The molecule has 18 heavy (non-hydrogen) atoms. The summed E-state index contributed by atoms with van der Waals surface area (Å²) in [5, 5.41) is 3.53. The number of nitrogens with zero attached hydrogens (tertiary/aromatic N) is 2. The number of hydrogen-bond donors (Lipinski definition) is 1. The summed E-state index contributed by atoms with van der Waals surface area (Å²) in [6.07, 6.45) is 5.72. The molecular weight excluding hydrogens is 290 g/mol. The lowest BCUT2D eigenvalue weighted by Crippen LogP contribution is -2.37. The van der Waals surface area contributed by atoms with E-state index < -0.39 is 0 Å². The summed E-state index contributed by atoms with van der Waals surface area (Å²) in [6, 6.07) is 4.86. The zero-order chi connectivity index (χ0) is 12.8. The SMILES string of the molecule is CCCNCC1CCCN1Cc1ccc(Br)cn1. The number of aromatic nitrogens is 1. The summed E-state index contributed by atoms with van der Waals surface area (Å²) in [6.45, 7) is 6.64. The summed E-state index contributed by atoms with van der Waals surface area (Å²) < 4.78 is 1.05. The van der Waals surface area contributed by atoms with Crippen LogP contribution in [0.3, 0.4) is 0 Å². The standard InChI is InChI=1S/C14H22BrN3/c1-2-7-16-10-14-4-3-8-18(14)11-13-6-5-12(15)9-17-13/h5-6,9,14,16H,2-4,7-8,10-11H2,1H3. The first-order chi connectivity index (χ1) is 8.79. The highest BCUT2D eigenvalue weighted by Crippen LogP contribution is 2.19. The fourth-order valence-electron chi connectivity index (χ4n) is 2.49. The fourth-order valence-corrected chi connectivity index (χ4v) is 2.72. The van der Waals surface area contributed by atoms with E-state index in [2.05, 4.69) is 50.2 Å². The predicted octanol–water partition coefficient (Wildman–Crippen LogP) is 2.81. The molecular formula is C14H22BrN3. The summed E-state index contributed by atoms with van der Waals surface area (Å²) in [4.78, 5) is 7.02. The molecule has 0 radical (unpaired) electrons. The first-order valence-electron chi connectivity index (χ1n) is 6.85. The summed E-state index contributed by atoms with van der Waals surface area (Å²) >= 11 is 3.43. The number of halogens is 1. The van der Waals surface area contributed by atoms with Crippen molar-refractivity contribution in [3.05, 3.63) is 28.5 Å². The van der Waals surface area contributed by atoms with Crippen molar-refractivity contribution in [1.82, 2.24) is 15.2 Å². The second-order valence-corrected chi connectivity index (χ2v) is 5.85. The summed E-state index contributed by atoms with van der Waals surface area (Å²) in [7, 11) is 0. The maximum atomic E-state index is 4.46. The van der Waals surface area contributed by atoms with Crippen LogP contribution in [0.25, 0.3) is 0 Å². The van der Waals surface area contributed by atoms with Gasteiger partial charge in [-0.05, 0) is 60.4 Å². The molecule has 100 valence electrons. The maximum absolute atomic E-state index is 4.46. The molecule has 2 heterocycles. The molecule has 1 aromatic heterocycles. The van der Waals surface area contributed by atoms with Gasteiger partial charge in [0.2, 0.25) is 0 Å². The smallest absolute Gasteiger partial charge is 0.0544 e. The molecule has 1 aliphatic heterocycles. The number of rotatable bonds is 6. The molecule has 0 amide bonds. The zero-order valence-corrected chi connectivity index (χ0v) is 12.6. The second kappa shape index (κ2) is 7.22. The summed E-state index contributed by atoms with van der Waals surface area (Å²) in [5.74, 6) is 0. The molecule has 0 spiro atoms. The van der Waals surface area contributed by atoms with Gasteiger partial charge in [0, 0.05) is 29.8 Å². The number of hydrogen-bond acceptors (Lipinski definition) is 3. The van der Waals surface area contributed by atoms with Crippen LogP contribution in [-0.2, 0) is 6.54 Å². The molecule has 1 saturated heterocycles. The molecule has 0 aliphatic carbocycles. The van der Waals surface area contributed by atoms with Gasteiger partial charge in [-0.2, -0.15) is 0 Å². The highest BCUT2D eigenvalue weighted by Gasteiger charge is 2.24. The normalized spacial score (nSPS) is 20.4. The largest absolute Gasteiger partial charge is 0.315 e. The minimum Gasteiger partial charge on any atom is -0.315 e. The van der Waals surface area contributed by atoms with Crippen LogP contribution < -0.4 is 5.32 Å². The van der Waals surface area contributed by atoms with E-state index in [4.69, 9.17) is 0 Å². The molecule has 1 atom stereocenters. The van der Waals surface area contributed by atoms with Gasteiger partial charge in [-0.25, -0.2) is 0 Å². The highest BCUT2D eigenvalue weighted by molar-refractivity contribution is 9.10. The Morgan fingerprint density at radius 3 is 3.11 bits per heavy atom. The zero-order valence-electron chi connectivity index (χ0n) is 11.0. The molecule has 1 fully saturated rings. The second-order valence-electron chi connectivity index (χ2n) is 4.94. The Balaban J connectivity index is 1.85. The Bertz CT molecular complexity index is 353. The van der Waals surface area contributed by atoms with Crippen LogP contribution in [0.4, 0.5) is 0 Å². The van der Waals surface area contributed by atoms with Crippen LogP contribution in [0.1, 0.15) is 31.9 Å². The molecule has 2 rings (SSSR count). The summed E-state index contributed by atoms with van der Waals surface area (Å²) in [5.41, 5.74) is 1.17. The Morgan fingerprint density at radius 2 is 2.39 bits per heavy atom. The van der Waals surface area contributed by atoms with Gasteiger partial charge >= 0.3 is 0 Å². The third kappa shape index (κ3) is 4.04. The van der Waals surface area contributed by atoms with Crippen molar-refractivity contribution in [1.29, 1.82) is 0 Å². The quantitative estimate of drug-likeness (QED) is 0.819. The number of nitrogens with one attached hydrogen (secondary N) is 1. The molecule has 1 aliphatic rings. The van der Waals surface area contributed by atoms with Gasteiger partial charge in [0.05, 0.1) is 5.69 Å². The van der Waals surface area contributed by atoms with Crippen LogP contribution in [0, 0.1) is 0 Å². The highest BCUT2D eigenvalue weighted by atomic mass is 79.9. The molecule has 3 nitrogen and oxygen atoms in total. The lowest BCUT2D eigenvalue weighted by molar-refractivity contribution is 0.237. The van der Waals surface area contributed by atoms with Crippen molar-refractivity contribution >= 4 is 15.9 Å². The predicted molar refractivity (Wildman–Crippen MR) is 78.5 cm³/mol. The van der Waals surface area contributed by atoms with Crippen LogP contribution in [-0.4, -0.2) is 35.6 Å². The first kappa shape index (κ1) is 14.0. The lowest BCUT2D eigenvalue weighted by atomic mass is 10.2. The molecule has 4 heteroatoms. The van der Waals surface area contributed by atoms with Crippen molar-refractivity contribution in [2.75, 3.05) is 19.6 Å². The molecule has 0 aromatic carbocycles. The first-order valence-corrected chi connectivity index (χ1v) is 7.64.